The van der Waals surface area contributed by atoms with E-state index in [9.17, 15) is 21.9 Å². The summed E-state index contributed by atoms with van der Waals surface area (Å²) in [6.45, 7) is 3.77. The zero-order chi connectivity index (χ0) is 40.6. The largest absolute Gasteiger partial charge is 0.508 e. The van der Waals surface area contributed by atoms with E-state index in [2.05, 4.69) is 43.6 Å². The number of halogens is 1. The van der Waals surface area contributed by atoms with E-state index in [1.54, 1.807) is 104 Å². The highest BCUT2D eigenvalue weighted by atomic mass is 127. The Balaban J connectivity index is 0.000000188. The van der Waals surface area contributed by atoms with E-state index in [0.717, 1.165) is 44.4 Å². The Morgan fingerprint density at radius 1 is 0.707 bits per heavy atom. The maximum atomic E-state index is 13.3. The molecule has 290 valence electrons. The van der Waals surface area contributed by atoms with Crippen LogP contribution in [0.5, 0.6) is 11.5 Å². The maximum absolute atomic E-state index is 13.3. The van der Waals surface area contributed by atoms with Crippen molar-refractivity contribution in [1.29, 1.82) is 0 Å². The molecule has 0 saturated carbocycles. The molecule has 9 rings (SSSR count). The van der Waals surface area contributed by atoms with Crippen LogP contribution in [0.15, 0.2) is 167 Å². The monoisotopic (exact) mass is 920 g/mol. The fourth-order valence-corrected chi connectivity index (χ4v) is 9.43. The van der Waals surface area contributed by atoms with Crippen LogP contribution in [0, 0.1) is 17.4 Å². The summed E-state index contributed by atoms with van der Waals surface area (Å²) in [5.74, 6) is 0.407. The number of phenols is 1. The van der Waals surface area contributed by atoms with Crippen LogP contribution in [0.3, 0.4) is 0 Å². The van der Waals surface area contributed by atoms with Gasteiger partial charge in [-0.3, -0.25) is 0 Å². The molecule has 0 unspecified atom stereocenters. The predicted octanol–water partition coefficient (Wildman–Crippen LogP) is 10.1. The van der Waals surface area contributed by atoms with Crippen molar-refractivity contribution in [2.75, 3.05) is 0 Å². The highest BCUT2D eigenvalue weighted by molar-refractivity contribution is 14.1. The molecule has 0 aliphatic carbocycles. The van der Waals surface area contributed by atoms with Crippen molar-refractivity contribution < 1.29 is 30.5 Å². The highest BCUT2D eigenvalue weighted by Gasteiger charge is 2.23. The van der Waals surface area contributed by atoms with Crippen LogP contribution >= 0.6 is 22.6 Å². The lowest BCUT2D eigenvalue weighted by atomic mass is 10.0. The minimum absolute atomic E-state index is 0.0669. The van der Waals surface area contributed by atoms with E-state index in [1.807, 2.05) is 44.3 Å². The average molecular weight is 921 g/mol. The van der Waals surface area contributed by atoms with Crippen molar-refractivity contribution in [3.63, 3.8) is 0 Å². The number of fused-ring (bicyclic) bond motifs is 2. The van der Waals surface area contributed by atoms with Crippen LogP contribution in [0.2, 0.25) is 0 Å². The first-order valence-corrected chi connectivity index (χ1v) is 21.7. The second-order valence-electron chi connectivity index (χ2n) is 13.4. The lowest BCUT2D eigenvalue weighted by Crippen LogP contribution is -2.12. The maximum Gasteiger partial charge on any atom is 0.339 e. The number of phenolic OH excluding ortho intramolecular Hbond substituents is 1. The molecule has 0 amide bonds. The Hall–Kier alpha value is -6.23. The summed E-state index contributed by atoms with van der Waals surface area (Å²) in [6, 6.07) is 32.7. The zero-order valence-corrected chi connectivity index (χ0v) is 34.7. The molecule has 0 aliphatic rings. The first-order valence-electron chi connectivity index (χ1n) is 17.8. The molecule has 5 aromatic heterocycles. The zero-order valence-electron chi connectivity index (χ0n) is 30.9. The number of aromatic nitrogens is 4. The van der Waals surface area contributed by atoms with Gasteiger partial charge in [0.1, 0.15) is 22.0 Å². The average Bonchev–Trinajstić information content (AvgIpc) is 3.98. The van der Waals surface area contributed by atoms with E-state index in [0.29, 0.717) is 25.7 Å². The third kappa shape index (κ3) is 7.85. The SMILES string of the molecule is Cc1ccc(S(=O)(=O)Oc2cccc(-c3cnc4c(c3)c(I)cn4S(=O)(=O)c3ccc(C)cc3)c2)cc1.Oc1cccc(-c2cnc3[nH]cc(-c4ccoc4)c3c2)c1. The predicted molar refractivity (Wildman–Crippen MR) is 232 cm³/mol. The van der Waals surface area contributed by atoms with Crippen molar-refractivity contribution in [2.45, 2.75) is 23.6 Å². The number of aromatic amines is 1. The van der Waals surface area contributed by atoms with Gasteiger partial charge in [-0.25, -0.2) is 22.4 Å². The smallest absolute Gasteiger partial charge is 0.339 e. The molecule has 5 heterocycles. The summed E-state index contributed by atoms with van der Waals surface area (Å²) >= 11 is 2.08. The third-order valence-corrected chi connectivity index (χ3v) is 13.2. The number of benzene rings is 4. The summed E-state index contributed by atoms with van der Waals surface area (Å²) in [5, 5.41) is 11.3. The molecule has 0 spiro atoms. The van der Waals surface area contributed by atoms with Gasteiger partial charge in [0.05, 0.1) is 17.4 Å². The van der Waals surface area contributed by atoms with Crippen molar-refractivity contribution >= 4 is 64.8 Å². The number of H-pyrrole nitrogens is 1. The molecule has 4 aromatic carbocycles. The van der Waals surface area contributed by atoms with Crippen LogP contribution in [-0.4, -0.2) is 40.9 Å². The summed E-state index contributed by atoms with van der Waals surface area (Å²) in [5.41, 5.74) is 8.37. The van der Waals surface area contributed by atoms with Gasteiger partial charge >= 0.3 is 10.1 Å². The van der Waals surface area contributed by atoms with Crippen molar-refractivity contribution in [3.05, 3.63) is 167 Å². The summed E-state index contributed by atoms with van der Waals surface area (Å²) in [6.07, 6.45) is 10.2. The number of rotatable bonds is 8. The van der Waals surface area contributed by atoms with Crippen LogP contribution < -0.4 is 4.18 Å². The molecular weight excluding hydrogens is 888 g/mol. The minimum Gasteiger partial charge on any atom is -0.508 e. The molecule has 0 fully saturated rings. The van der Waals surface area contributed by atoms with Gasteiger partial charge in [0, 0.05) is 61.4 Å². The number of nitrogens with zero attached hydrogens (tertiary/aromatic N) is 3. The Morgan fingerprint density at radius 3 is 2.02 bits per heavy atom. The molecule has 11 nitrogen and oxygen atoms in total. The third-order valence-electron chi connectivity index (χ3n) is 9.37. The number of hydrogen-bond donors (Lipinski definition) is 2. The Labute approximate surface area is 347 Å². The molecule has 58 heavy (non-hydrogen) atoms. The molecule has 0 radical (unpaired) electrons. The second-order valence-corrected chi connectivity index (χ2v) is 18.0. The van der Waals surface area contributed by atoms with E-state index in [4.69, 9.17) is 8.60 Å². The Morgan fingerprint density at radius 2 is 1.34 bits per heavy atom. The summed E-state index contributed by atoms with van der Waals surface area (Å²) in [4.78, 5) is 12.3. The normalized spacial score (nSPS) is 11.7. The topological polar surface area (TPSA) is 157 Å². The number of hydrogen-bond acceptors (Lipinski definition) is 9. The van der Waals surface area contributed by atoms with E-state index >= 15 is 0 Å². The number of pyridine rings is 2. The molecule has 2 N–H and O–H groups in total. The molecule has 0 saturated heterocycles. The van der Waals surface area contributed by atoms with Crippen molar-refractivity contribution in [2.24, 2.45) is 0 Å². The van der Waals surface area contributed by atoms with E-state index < -0.39 is 20.1 Å². The standard InChI is InChI=1S/C27H21IN2O5S2.C17H12N2O2/c1-18-6-10-23(11-7-18)36(31,32)30-17-26(28)25-15-21(16-29-27(25)30)20-4-3-5-22(14-20)35-37(33,34)24-12-8-19(2)9-13-24;20-14-3-1-2-11(6-14)13-7-15-16(12-4-5-21-10-12)9-19-17(15)18-8-13/h3-17H,1-2H3;1-10,20H,(H,18,19). The molecule has 14 heteroatoms. The first kappa shape index (κ1) is 38.6. The quantitative estimate of drug-likeness (QED) is 0.112. The number of nitrogens with one attached hydrogen (secondary N) is 1. The molecular formula is C44H33IN4O7S2. The van der Waals surface area contributed by atoms with Crippen LogP contribution in [0.1, 0.15) is 11.1 Å². The summed E-state index contributed by atoms with van der Waals surface area (Å²) in [7, 11) is -7.83. The van der Waals surface area contributed by atoms with Gasteiger partial charge in [0.2, 0.25) is 0 Å². The number of aromatic hydroxyl groups is 1. The van der Waals surface area contributed by atoms with Gasteiger partial charge in [0.25, 0.3) is 10.0 Å². The Kier molecular flexibility index (Phi) is 10.4. The first-order chi connectivity index (χ1) is 27.9. The van der Waals surface area contributed by atoms with Crippen LogP contribution in [0.25, 0.3) is 55.4 Å². The van der Waals surface area contributed by atoms with Crippen molar-refractivity contribution in [3.8, 4) is 44.9 Å². The van der Waals surface area contributed by atoms with E-state index in [-0.39, 0.29) is 21.3 Å². The fourth-order valence-electron chi connectivity index (χ4n) is 6.32. The van der Waals surface area contributed by atoms with Gasteiger partial charge in [-0.2, -0.15) is 8.42 Å². The van der Waals surface area contributed by atoms with Gasteiger partial charge in [-0.05, 0) is 114 Å². The van der Waals surface area contributed by atoms with Gasteiger partial charge in [-0.1, -0.05) is 59.7 Å². The molecule has 9 aromatic rings. The van der Waals surface area contributed by atoms with Crippen molar-refractivity contribution in [1.82, 2.24) is 18.9 Å². The number of furan rings is 1. The van der Waals surface area contributed by atoms with E-state index in [1.165, 1.54) is 16.1 Å². The lowest BCUT2D eigenvalue weighted by Gasteiger charge is -2.10. The molecule has 0 bridgehead atoms. The highest BCUT2D eigenvalue weighted by Crippen LogP contribution is 2.33. The number of aryl methyl sites for hydroxylation is 2. The molecule has 0 aliphatic heterocycles. The fraction of sp³-hybridized carbons (Fsp3) is 0.0455. The van der Waals surface area contributed by atoms with Crippen LogP contribution in [0.4, 0.5) is 0 Å². The minimum atomic E-state index is -4.00. The van der Waals surface area contributed by atoms with Gasteiger partial charge in [-0.15, -0.1) is 0 Å². The Bertz CT molecular complexity index is 3160. The summed E-state index contributed by atoms with van der Waals surface area (Å²) < 4.78 is 64.4. The van der Waals surface area contributed by atoms with Gasteiger partial charge in [0.15, 0.2) is 5.65 Å². The lowest BCUT2D eigenvalue weighted by molar-refractivity contribution is 0.475. The van der Waals surface area contributed by atoms with Crippen LogP contribution in [-0.2, 0) is 20.1 Å². The second kappa shape index (κ2) is 15.6. The molecule has 0 atom stereocenters. The van der Waals surface area contributed by atoms with Gasteiger partial charge < -0.3 is 18.7 Å².